The summed E-state index contributed by atoms with van der Waals surface area (Å²) in [5.74, 6) is 1.68. The van der Waals surface area contributed by atoms with E-state index in [0.29, 0.717) is 24.0 Å². The summed E-state index contributed by atoms with van der Waals surface area (Å²) in [6.07, 6.45) is 0.839. The van der Waals surface area contributed by atoms with Crippen LogP contribution in [-0.2, 0) is 6.42 Å². The molecule has 0 aliphatic carbocycles. The highest BCUT2D eigenvalue weighted by atomic mass is 32.1. The molecule has 0 bridgehead atoms. The Morgan fingerprint density at radius 3 is 2.61 bits per heavy atom. The first kappa shape index (κ1) is 17.1. The van der Waals surface area contributed by atoms with Crippen LogP contribution in [0.25, 0.3) is 0 Å². The van der Waals surface area contributed by atoms with Crippen molar-refractivity contribution >= 4 is 23.0 Å². The first-order valence-corrected chi connectivity index (χ1v) is 8.07. The lowest BCUT2D eigenvalue weighted by atomic mass is 10.3. The summed E-state index contributed by atoms with van der Waals surface area (Å²) in [6, 6.07) is 5.50. The number of methoxy groups -OCH3 is 2. The van der Waals surface area contributed by atoms with E-state index < -0.39 is 0 Å². The monoisotopic (exact) mass is 334 g/mol. The van der Waals surface area contributed by atoms with E-state index in [2.05, 4.69) is 15.3 Å². The lowest BCUT2D eigenvalue weighted by Gasteiger charge is -2.10. The van der Waals surface area contributed by atoms with E-state index in [4.69, 9.17) is 15.2 Å². The van der Waals surface area contributed by atoms with Crippen LogP contribution in [0.2, 0.25) is 0 Å². The van der Waals surface area contributed by atoms with Gasteiger partial charge in [-0.15, -0.1) is 11.3 Å². The van der Waals surface area contributed by atoms with E-state index in [1.165, 1.54) is 4.88 Å². The lowest BCUT2D eigenvalue weighted by molar-refractivity contribution is 0.355. The number of benzene rings is 1. The van der Waals surface area contributed by atoms with Crippen molar-refractivity contribution in [1.29, 1.82) is 0 Å². The number of nitrogens with one attached hydrogen (secondary N) is 1. The van der Waals surface area contributed by atoms with Crippen molar-refractivity contribution < 1.29 is 9.47 Å². The number of guanidine groups is 1. The standard InChI is InChI=1S/C16H22N4O2S/c1-10-15(23-11(2)19-10)7-8-18-16(17)20-12-5-6-13(21-3)14(9-12)22-4/h5-6,9H,7-8H2,1-4H3,(H3,17,18,20). The van der Waals surface area contributed by atoms with Crippen molar-refractivity contribution in [2.45, 2.75) is 20.3 Å². The van der Waals surface area contributed by atoms with Crippen molar-refractivity contribution in [2.24, 2.45) is 10.7 Å². The van der Waals surface area contributed by atoms with Gasteiger partial charge in [-0.3, -0.25) is 4.99 Å². The average molecular weight is 334 g/mol. The second-order valence-electron chi connectivity index (χ2n) is 4.95. The second kappa shape index (κ2) is 7.82. The van der Waals surface area contributed by atoms with Gasteiger partial charge in [0.05, 0.1) is 24.9 Å². The zero-order valence-electron chi connectivity index (χ0n) is 13.8. The maximum absolute atomic E-state index is 5.93. The average Bonchev–Trinajstić information content (AvgIpc) is 2.85. The van der Waals surface area contributed by atoms with E-state index in [0.717, 1.165) is 22.8 Å². The normalized spacial score (nSPS) is 11.4. The summed E-state index contributed by atoms with van der Waals surface area (Å²) in [5, 5.41) is 4.14. The number of anilines is 1. The number of aryl methyl sites for hydroxylation is 2. The van der Waals surface area contributed by atoms with Crippen molar-refractivity contribution in [3.63, 3.8) is 0 Å². The van der Waals surface area contributed by atoms with Crippen LogP contribution < -0.4 is 20.5 Å². The fraction of sp³-hybridized carbons (Fsp3) is 0.375. The molecule has 0 aliphatic heterocycles. The lowest BCUT2D eigenvalue weighted by Crippen LogP contribution is -2.23. The molecular formula is C16H22N4O2S. The van der Waals surface area contributed by atoms with Crippen molar-refractivity contribution in [3.8, 4) is 11.5 Å². The molecule has 23 heavy (non-hydrogen) atoms. The molecular weight excluding hydrogens is 312 g/mol. The zero-order chi connectivity index (χ0) is 16.8. The number of nitrogens with two attached hydrogens (primary N) is 1. The van der Waals surface area contributed by atoms with Gasteiger partial charge in [0, 0.05) is 29.6 Å². The van der Waals surface area contributed by atoms with Gasteiger partial charge in [0.15, 0.2) is 17.5 Å². The van der Waals surface area contributed by atoms with Gasteiger partial charge in [-0.2, -0.15) is 0 Å². The van der Waals surface area contributed by atoms with Gasteiger partial charge in [-0.05, 0) is 26.0 Å². The number of thiazole rings is 1. The van der Waals surface area contributed by atoms with E-state index in [1.807, 2.05) is 32.0 Å². The third-order valence-electron chi connectivity index (χ3n) is 3.28. The first-order valence-electron chi connectivity index (χ1n) is 7.25. The number of aromatic nitrogens is 1. The molecule has 0 radical (unpaired) electrons. The number of ether oxygens (including phenoxy) is 2. The van der Waals surface area contributed by atoms with Gasteiger partial charge >= 0.3 is 0 Å². The quantitative estimate of drug-likeness (QED) is 0.627. The third kappa shape index (κ3) is 4.59. The van der Waals surface area contributed by atoms with Gasteiger partial charge in [0.1, 0.15) is 0 Å². The molecule has 124 valence electrons. The van der Waals surface area contributed by atoms with Gasteiger partial charge in [-0.25, -0.2) is 4.98 Å². The molecule has 1 aromatic heterocycles. The third-order valence-corrected chi connectivity index (χ3v) is 4.41. The van der Waals surface area contributed by atoms with Gasteiger partial charge in [-0.1, -0.05) is 0 Å². The molecule has 0 fully saturated rings. The summed E-state index contributed by atoms with van der Waals surface area (Å²) >= 11 is 1.71. The zero-order valence-corrected chi connectivity index (χ0v) is 14.7. The smallest absolute Gasteiger partial charge is 0.193 e. The van der Waals surface area contributed by atoms with Gasteiger partial charge in [0.2, 0.25) is 0 Å². The molecule has 0 aliphatic rings. The highest BCUT2D eigenvalue weighted by Gasteiger charge is 2.06. The van der Waals surface area contributed by atoms with Crippen molar-refractivity contribution in [3.05, 3.63) is 33.8 Å². The van der Waals surface area contributed by atoms with Crippen LogP contribution in [0, 0.1) is 13.8 Å². The number of rotatable bonds is 6. The molecule has 0 amide bonds. The van der Waals surface area contributed by atoms with Gasteiger partial charge < -0.3 is 20.5 Å². The Kier molecular flexibility index (Phi) is 5.81. The Morgan fingerprint density at radius 2 is 2.00 bits per heavy atom. The molecule has 0 atom stereocenters. The molecule has 0 saturated heterocycles. The predicted molar refractivity (Wildman–Crippen MR) is 95.0 cm³/mol. The van der Waals surface area contributed by atoms with Crippen LogP contribution in [0.3, 0.4) is 0 Å². The maximum Gasteiger partial charge on any atom is 0.193 e. The van der Waals surface area contributed by atoms with Crippen LogP contribution in [-0.4, -0.2) is 31.7 Å². The Labute approximate surface area is 140 Å². The fourth-order valence-corrected chi connectivity index (χ4v) is 3.11. The Balaban J connectivity index is 1.95. The van der Waals surface area contributed by atoms with E-state index in [1.54, 1.807) is 25.6 Å². The molecule has 0 unspecified atom stereocenters. The minimum atomic E-state index is 0.371. The fourth-order valence-electron chi connectivity index (χ4n) is 2.18. The summed E-state index contributed by atoms with van der Waals surface area (Å²) < 4.78 is 10.5. The molecule has 0 spiro atoms. The van der Waals surface area contributed by atoms with Crippen LogP contribution >= 0.6 is 11.3 Å². The molecule has 7 heteroatoms. The highest BCUT2D eigenvalue weighted by Crippen LogP contribution is 2.29. The maximum atomic E-state index is 5.93. The first-order chi connectivity index (χ1) is 11.0. The van der Waals surface area contributed by atoms with Crippen molar-refractivity contribution in [2.75, 3.05) is 26.1 Å². The largest absolute Gasteiger partial charge is 0.493 e. The van der Waals surface area contributed by atoms with Crippen LogP contribution in [0.4, 0.5) is 5.69 Å². The van der Waals surface area contributed by atoms with E-state index >= 15 is 0 Å². The van der Waals surface area contributed by atoms with Crippen LogP contribution in [0.1, 0.15) is 15.6 Å². The predicted octanol–water partition coefficient (Wildman–Crippen LogP) is 2.75. The Bertz CT molecular complexity index is 697. The number of hydrogen-bond donors (Lipinski definition) is 2. The summed E-state index contributed by atoms with van der Waals surface area (Å²) in [5.41, 5.74) is 7.81. The molecule has 3 N–H and O–H groups in total. The number of hydrogen-bond acceptors (Lipinski definition) is 5. The molecule has 1 aromatic carbocycles. The minimum Gasteiger partial charge on any atom is -0.493 e. The minimum absolute atomic E-state index is 0.371. The van der Waals surface area contributed by atoms with Gasteiger partial charge in [0.25, 0.3) is 0 Å². The highest BCUT2D eigenvalue weighted by molar-refractivity contribution is 7.11. The SMILES string of the molecule is COc1ccc(NC(N)=NCCc2sc(C)nc2C)cc1OC. The Hall–Kier alpha value is -2.28. The summed E-state index contributed by atoms with van der Waals surface area (Å²) in [4.78, 5) is 10.0. The molecule has 2 rings (SSSR count). The topological polar surface area (TPSA) is 81.8 Å². The number of aliphatic imine (C=N–C) groups is 1. The molecule has 6 nitrogen and oxygen atoms in total. The summed E-state index contributed by atoms with van der Waals surface area (Å²) in [7, 11) is 3.20. The molecule has 2 aromatic rings. The molecule has 1 heterocycles. The van der Waals surface area contributed by atoms with E-state index in [-0.39, 0.29) is 0 Å². The van der Waals surface area contributed by atoms with Crippen molar-refractivity contribution in [1.82, 2.24) is 4.98 Å². The van der Waals surface area contributed by atoms with E-state index in [9.17, 15) is 0 Å². The van der Waals surface area contributed by atoms with Crippen LogP contribution in [0.5, 0.6) is 11.5 Å². The summed E-state index contributed by atoms with van der Waals surface area (Å²) in [6.45, 7) is 4.65. The number of nitrogens with zero attached hydrogens (tertiary/aromatic N) is 2. The van der Waals surface area contributed by atoms with Crippen LogP contribution in [0.15, 0.2) is 23.2 Å². The molecule has 0 saturated carbocycles. The Morgan fingerprint density at radius 1 is 1.26 bits per heavy atom. The second-order valence-corrected chi connectivity index (χ2v) is 6.24.